The first kappa shape index (κ1) is 8.85. The van der Waals surface area contributed by atoms with Crippen molar-refractivity contribution in [3.05, 3.63) is 0 Å². The number of hydrogen-bond donors (Lipinski definition) is 2. The SMILES string of the molecule is CN(C)C1CC1C1CC(S)CN1. The van der Waals surface area contributed by atoms with Gasteiger partial charge >= 0.3 is 0 Å². The summed E-state index contributed by atoms with van der Waals surface area (Å²) in [6, 6.07) is 1.58. The van der Waals surface area contributed by atoms with Crippen LogP contribution in [0.5, 0.6) is 0 Å². The highest BCUT2D eigenvalue weighted by molar-refractivity contribution is 7.81. The van der Waals surface area contributed by atoms with Crippen molar-refractivity contribution in [1.82, 2.24) is 10.2 Å². The molecule has 3 heteroatoms. The molecule has 4 unspecified atom stereocenters. The maximum atomic E-state index is 4.48. The van der Waals surface area contributed by atoms with Gasteiger partial charge in [0.05, 0.1) is 0 Å². The third-order valence-corrected chi connectivity index (χ3v) is 3.52. The Morgan fingerprint density at radius 2 is 2.08 bits per heavy atom. The minimum atomic E-state index is 0.596. The summed E-state index contributed by atoms with van der Waals surface area (Å²) in [6.07, 6.45) is 2.64. The Balaban J connectivity index is 1.81. The summed E-state index contributed by atoms with van der Waals surface area (Å²) in [6.45, 7) is 1.10. The molecular weight excluding hydrogens is 168 g/mol. The van der Waals surface area contributed by atoms with E-state index in [0.29, 0.717) is 5.25 Å². The fourth-order valence-corrected chi connectivity index (χ4v) is 2.63. The first-order valence-electron chi connectivity index (χ1n) is 4.76. The van der Waals surface area contributed by atoms with Gasteiger partial charge in [-0.2, -0.15) is 12.6 Å². The van der Waals surface area contributed by atoms with E-state index in [1.165, 1.54) is 12.8 Å². The molecular formula is C9H18N2S. The van der Waals surface area contributed by atoms with Crippen molar-refractivity contribution in [3.63, 3.8) is 0 Å². The quantitative estimate of drug-likeness (QED) is 0.614. The van der Waals surface area contributed by atoms with E-state index in [0.717, 1.165) is 24.5 Å². The monoisotopic (exact) mass is 186 g/mol. The van der Waals surface area contributed by atoms with Crippen LogP contribution in [0.4, 0.5) is 0 Å². The maximum Gasteiger partial charge on any atom is 0.0157 e. The molecule has 1 saturated carbocycles. The van der Waals surface area contributed by atoms with Gasteiger partial charge < -0.3 is 10.2 Å². The highest BCUT2D eigenvalue weighted by Crippen LogP contribution is 2.40. The zero-order valence-corrected chi connectivity index (χ0v) is 8.72. The van der Waals surface area contributed by atoms with E-state index in [4.69, 9.17) is 0 Å². The lowest BCUT2D eigenvalue weighted by Crippen LogP contribution is -2.28. The third-order valence-electron chi connectivity index (χ3n) is 3.13. The molecule has 70 valence electrons. The highest BCUT2D eigenvalue weighted by atomic mass is 32.1. The van der Waals surface area contributed by atoms with E-state index in [9.17, 15) is 0 Å². The van der Waals surface area contributed by atoms with Crippen LogP contribution in [-0.2, 0) is 0 Å². The largest absolute Gasteiger partial charge is 0.313 e. The fraction of sp³-hybridized carbons (Fsp3) is 1.00. The van der Waals surface area contributed by atoms with Crippen molar-refractivity contribution in [2.45, 2.75) is 30.2 Å². The average molecular weight is 186 g/mol. The second-order valence-corrected chi connectivity index (χ2v) is 5.07. The van der Waals surface area contributed by atoms with Crippen molar-refractivity contribution < 1.29 is 0 Å². The molecule has 2 aliphatic rings. The van der Waals surface area contributed by atoms with E-state index in [1.807, 2.05) is 0 Å². The van der Waals surface area contributed by atoms with Gasteiger partial charge in [0, 0.05) is 23.9 Å². The number of nitrogens with zero attached hydrogens (tertiary/aromatic N) is 1. The summed E-state index contributed by atoms with van der Waals surface area (Å²) in [5.41, 5.74) is 0. The lowest BCUT2D eigenvalue weighted by atomic mass is 10.1. The Morgan fingerprint density at radius 3 is 2.50 bits per heavy atom. The molecule has 0 spiro atoms. The summed E-state index contributed by atoms with van der Waals surface area (Å²) < 4.78 is 0. The van der Waals surface area contributed by atoms with E-state index in [2.05, 4.69) is 36.9 Å². The van der Waals surface area contributed by atoms with Crippen molar-refractivity contribution in [3.8, 4) is 0 Å². The van der Waals surface area contributed by atoms with Crippen LogP contribution in [0.2, 0.25) is 0 Å². The van der Waals surface area contributed by atoms with E-state index in [-0.39, 0.29) is 0 Å². The van der Waals surface area contributed by atoms with Crippen molar-refractivity contribution in [2.75, 3.05) is 20.6 Å². The molecule has 2 nitrogen and oxygen atoms in total. The number of hydrogen-bond acceptors (Lipinski definition) is 3. The Hall–Kier alpha value is 0.270. The second-order valence-electron chi connectivity index (χ2n) is 4.33. The Morgan fingerprint density at radius 1 is 1.33 bits per heavy atom. The van der Waals surface area contributed by atoms with Crippen LogP contribution in [0.3, 0.4) is 0 Å². The van der Waals surface area contributed by atoms with Gasteiger partial charge in [-0.05, 0) is 32.9 Å². The molecule has 0 aromatic rings. The molecule has 2 fully saturated rings. The highest BCUT2D eigenvalue weighted by Gasteiger charge is 2.45. The van der Waals surface area contributed by atoms with Gasteiger partial charge in [-0.3, -0.25) is 0 Å². The van der Waals surface area contributed by atoms with Crippen LogP contribution in [0.1, 0.15) is 12.8 Å². The molecule has 0 radical (unpaired) electrons. The zero-order valence-electron chi connectivity index (χ0n) is 7.83. The molecule has 1 N–H and O–H groups in total. The van der Waals surface area contributed by atoms with E-state index < -0.39 is 0 Å². The van der Waals surface area contributed by atoms with Gasteiger partial charge in [-0.15, -0.1) is 0 Å². The molecule has 4 atom stereocenters. The second kappa shape index (κ2) is 3.20. The lowest BCUT2D eigenvalue weighted by molar-refractivity contribution is 0.355. The van der Waals surface area contributed by atoms with Crippen molar-refractivity contribution in [1.29, 1.82) is 0 Å². The summed E-state index contributed by atoms with van der Waals surface area (Å²) in [4.78, 5) is 2.35. The number of rotatable bonds is 2. The van der Waals surface area contributed by atoms with Crippen LogP contribution in [-0.4, -0.2) is 42.9 Å². The maximum absolute atomic E-state index is 4.48. The molecule has 12 heavy (non-hydrogen) atoms. The van der Waals surface area contributed by atoms with Crippen molar-refractivity contribution in [2.24, 2.45) is 5.92 Å². The molecule has 1 aliphatic carbocycles. The van der Waals surface area contributed by atoms with Crippen LogP contribution in [0, 0.1) is 5.92 Å². The summed E-state index contributed by atoms with van der Waals surface area (Å²) in [7, 11) is 4.36. The van der Waals surface area contributed by atoms with Crippen LogP contribution in [0.25, 0.3) is 0 Å². The number of nitrogens with one attached hydrogen (secondary N) is 1. The molecule has 0 aromatic heterocycles. The normalized spacial score (nSPS) is 47.0. The van der Waals surface area contributed by atoms with Gasteiger partial charge in [0.1, 0.15) is 0 Å². The molecule has 1 aliphatic heterocycles. The molecule has 1 heterocycles. The van der Waals surface area contributed by atoms with E-state index in [1.54, 1.807) is 0 Å². The van der Waals surface area contributed by atoms with Gasteiger partial charge in [-0.1, -0.05) is 0 Å². The zero-order chi connectivity index (χ0) is 8.72. The van der Waals surface area contributed by atoms with Crippen LogP contribution >= 0.6 is 12.6 Å². The third kappa shape index (κ3) is 1.63. The van der Waals surface area contributed by atoms with Gasteiger partial charge in [0.2, 0.25) is 0 Å². The molecule has 0 bridgehead atoms. The molecule has 1 saturated heterocycles. The summed E-state index contributed by atoms with van der Waals surface area (Å²) in [5, 5.41) is 4.15. The fourth-order valence-electron chi connectivity index (χ4n) is 2.30. The van der Waals surface area contributed by atoms with Crippen LogP contribution in [0.15, 0.2) is 0 Å². The summed E-state index contributed by atoms with van der Waals surface area (Å²) in [5.74, 6) is 0.900. The smallest absolute Gasteiger partial charge is 0.0157 e. The molecule has 0 aromatic carbocycles. The lowest BCUT2D eigenvalue weighted by Gasteiger charge is -2.13. The van der Waals surface area contributed by atoms with Gasteiger partial charge in [0.25, 0.3) is 0 Å². The average Bonchev–Trinajstić information content (AvgIpc) is 2.70. The first-order valence-corrected chi connectivity index (χ1v) is 5.28. The minimum Gasteiger partial charge on any atom is -0.313 e. The van der Waals surface area contributed by atoms with E-state index >= 15 is 0 Å². The standard InChI is InChI=1S/C9H18N2S/c1-11(2)9-4-7(9)8-3-6(12)5-10-8/h6-10,12H,3-5H2,1-2H3. The van der Waals surface area contributed by atoms with Gasteiger partial charge in [0.15, 0.2) is 0 Å². The molecule has 0 amide bonds. The Kier molecular flexibility index (Phi) is 2.36. The predicted octanol–water partition coefficient (Wildman–Crippen LogP) is 0.597. The molecule has 2 rings (SSSR count). The minimum absolute atomic E-state index is 0.596. The Bertz CT molecular complexity index is 172. The first-order chi connectivity index (χ1) is 5.68. The number of thiol groups is 1. The topological polar surface area (TPSA) is 15.3 Å². The Labute approximate surface area is 80.1 Å². The van der Waals surface area contributed by atoms with Crippen molar-refractivity contribution >= 4 is 12.6 Å². The predicted molar refractivity (Wildman–Crippen MR) is 54.8 cm³/mol. The van der Waals surface area contributed by atoms with Gasteiger partial charge in [-0.25, -0.2) is 0 Å². The van der Waals surface area contributed by atoms with Crippen LogP contribution < -0.4 is 5.32 Å². The summed E-state index contributed by atoms with van der Waals surface area (Å²) >= 11 is 4.48.